The Labute approximate surface area is 178 Å². The zero-order valence-corrected chi connectivity index (χ0v) is 16.6. The Morgan fingerprint density at radius 1 is 0.968 bits per heavy atom. The number of morpholine rings is 1. The van der Waals surface area contributed by atoms with Gasteiger partial charge in [0.05, 0.1) is 13.2 Å². The molecule has 2 aromatic carbocycles. The van der Waals surface area contributed by atoms with Crippen molar-refractivity contribution in [1.82, 2.24) is 9.97 Å². The number of carbonyl (C=O) groups is 1. The standard InChI is InChI=1S/C22H20N4O5/c27-21(25-16-3-6-18-19(13-16)30-14-29-18)15-1-4-17(5-2-15)31-22-20(23-7-8-24-22)26-9-11-28-12-10-26/h1-8,13H,9-12,14H2,(H,25,27). The smallest absolute Gasteiger partial charge is 0.263 e. The number of aromatic nitrogens is 2. The van der Waals surface area contributed by atoms with E-state index in [9.17, 15) is 4.79 Å². The molecule has 2 aliphatic rings. The van der Waals surface area contributed by atoms with Crippen LogP contribution in [-0.4, -0.2) is 49.0 Å². The van der Waals surface area contributed by atoms with Gasteiger partial charge in [-0.25, -0.2) is 9.97 Å². The molecule has 0 bridgehead atoms. The van der Waals surface area contributed by atoms with Crippen LogP contribution in [-0.2, 0) is 4.74 Å². The number of ether oxygens (including phenoxy) is 4. The number of benzene rings is 2. The van der Waals surface area contributed by atoms with Crippen molar-refractivity contribution in [2.24, 2.45) is 0 Å². The van der Waals surface area contributed by atoms with Crippen LogP contribution < -0.4 is 24.4 Å². The van der Waals surface area contributed by atoms with E-state index in [-0.39, 0.29) is 12.7 Å². The summed E-state index contributed by atoms with van der Waals surface area (Å²) >= 11 is 0. The lowest BCUT2D eigenvalue weighted by Crippen LogP contribution is -2.37. The molecule has 2 aliphatic heterocycles. The summed E-state index contributed by atoms with van der Waals surface area (Å²) in [5.41, 5.74) is 1.13. The van der Waals surface area contributed by atoms with Crippen LogP contribution in [0.5, 0.6) is 23.1 Å². The highest BCUT2D eigenvalue weighted by Crippen LogP contribution is 2.34. The topological polar surface area (TPSA) is 95.0 Å². The second-order valence-corrected chi connectivity index (χ2v) is 6.93. The molecule has 0 saturated carbocycles. The third-order valence-corrected chi connectivity index (χ3v) is 4.92. The minimum absolute atomic E-state index is 0.188. The van der Waals surface area contributed by atoms with Gasteiger partial charge in [0.15, 0.2) is 17.3 Å². The van der Waals surface area contributed by atoms with E-state index in [4.69, 9.17) is 18.9 Å². The van der Waals surface area contributed by atoms with Gasteiger partial charge in [-0.15, -0.1) is 0 Å². The molecular weight excluding hydrogens is 400 g/mol. The van der Waals surface area contributed by atoms with Gasteiger partial charge in [-0.2, -0.15) is 0 Å². The number of nitrogens with zero attached hydrogens (tertiary/aromatic N) is 3. The zero-order valence-electron chi connectivity index (χ0n) is 16.6. The molecule has 3 aromatic rings. The zero-order chi connectivity index (χ0) is 21.0. The molecule has 0 radical (unpaired) electrons. The number of hydrogen-bond donors (Lipinski definition) is 1. The predicted octanol–water partition coefficient (Wildman–Crippen LogP) is 3.09. The maximum absolute atomic E-state index is 12.6. The highest BCUT2D eigenvalue weighted by atomic mass is 16.7. The van der Waals surface area contributed by atoms with Crippen LogP contribution >= 0.6 is 0 Å². The first-order chi connectivity index (χ1) is 15.3. The summed E-state index contributed by atoms with van der Waals surface area (Å²) in [5.74, 6) is 2.70. The SMILES string of the molecule is O=C(Nc1ccc2c(c1)OCO2)c1ccc(Oc2nccnc2N2CCOCC2)cc1. The highest BCUT2D eigenvalue weighted by molar-refractivity contribution is 6.04. The second-order valence-electron chi connectivity index (χ2n) is 6.93. The predicted molar refractivity (Wildman–Crippen MR) is 112 cm³/mol. The molecule has 31 heavy (non-hydrogen) atoms. The Morgan fingerprint density at radius 3 is 2.58 bits per heavy atom. The van der Waals surface area contributed by atoms with Crippen LogP contribution in [0.4, 0.5) is 11.5 Å². The molecule has 1 amide bonds. The van der Waals surface area contributed by atoms with E-state index in [1.165, 1.54) is 0 Å². The summed E-state index contributed by atoms with van der Waals surface area (Å²) in [4.78, 5) is 23.4. The van der Waals surface area contributed by atoms with Crippen LogP contribution in [0.1, 0.15) is 10.4 Å². The second kappa shape index (κ2) is 8.49. The lowest BCUT2D eigenvalue weighted by Gasteiger charge is -2.28. The van der Waals surface area contributed by atoms with E-state index in [1.807, 2.05) is 0 Å². The van der Waals surface area contributed by atoms with E-state index < -0.39 is 0 Å². The molecule has 1 saturated heterocycles. The summed E-state index contributed by atoms with van der Waals surface area (Å²) in [7, 11) is 0. The Hall–Kier alpha value is -3.85. The quantitative estimate of drug-likeness (QED) is 0.673. The van der Waals surface area contributed by atoms with Crippen molar-refractivity contribution in [3.05, 3.63) is 60.4 Å². The Bertz CT molecular complexity index is 1080. The maximum atomic E-state index is 12.6. The average molecular weight is 420 g/mol. The number of nitrogens with one attached hydrogen (secondary N) is 1. The summed E-state index contributed by atoms with van der Waals surface area (Å²) in [6, 6.07) is 12.1. The fourth-order valence-electron chi connectivity index (χ4n) is 3.35. The van der Waals surface area contributed by atoms with E-state index in [1.54, 1.807) is 54.9 Å². The van der Waals surface area contributed by atoms with Gasteiger partial charge in [-0.3, -0.25) is 4.79 Å². The van der Waals surface area contributed by atoms with Crippen molar-refractivity contribution in [3.8, 4) is 23.1 Å². The number of amides is 1. The van der Waals surface area contributed by atoms with Crippen LogP contribution in [0.15, 0.2) is 54.9 Å². The van der Waals surface area contributed by atoms with Gasteiger partial charge in [0.1, 0.15) is 5.75 Å². The molecule has 3 heterocycles. The van der Waals surface area contributed by atoms with Gasteiger partial charge in [0.25, 0.3) is 11.8 Å². The minimum Gasteiger partial charge on any atom is -0.454 e. The molecule has 5 rings (SSSR count). The molecule has 158 valence electrons. The molecule has 0 atom stereocenters. The molecule has 1 fully saturated rings. The fourth-order valence-corrected chi connectivity index (χ4v) is 3.35. The third kappa shape index (κ3) is 4.22. The summed E-state index contributed by atoms with van der Waals surface area (Å²) in [6.45, 7) is 2.93. The van der Waals surface area contributed by atoms with Gasteiger partial charge in [-0.05, 0) is 36.4 Å². The molecular formula is C22H20N4O5. The van der Waals surface area contributed by atoms with Crippen LogP contribution in [0.25, 0.3) is 0 Å². The normalized spacial score (nSPS) is 14.9. The van der Waals surface area contributed by atoms with Crippen LogP contribution in [0.3, 0.4) is 0 Å². The lowest BCUT2D eigenvalue weighted by atomic mass is 10.2. The Kier molecular flexibility index (Phi) is 5.24. The van der Waals surface area contributed by atoms with Crippen molar-refractivity contribution in [1.29, 1.82) is 0 Å². The van der Waals surface area contributed by atoms with E-state index in [0.29, 0.717) is 53.4 Å². The highest BCUT2D eigenvalue weighted by Gasteiger charge is 2.19. The van der Waals surface area contributed by atoms with Gasteiger partial charge < -0.3 is 29.2 Å². The van der Waals surface area contributed by atoms with E-state index in [2.05, 4.69) is 20.2 Å². The molecule has 0 spiro atoms. The molecule has 9 heteroatoms. The monoisotopic (exact) mass is 420 g/mol. The lowest BCUT2D eigenvalue weighted by molar-refractivity contribution is 0.102. The van der Waals surface area contributed by atoms with E-state index in [0.717, 1.165) is 13.1 Å². The largest absolute Gasteiger partial charge is 0.454 e. The van der Waals surface area contributed by atoms with Gasteiger partial charge in [-0.1, -0.05) is 0 Å². The van der Waals surface area contributed by atoms with Gasteiger partial charge in [0, 0.05) is 42.8 Å². The average Bonchev–Trinajstić information content (AvgIpc) is 3.28. The molecule has 0 unspecified atom stereocenters. The van der Waals surface area contributed by atoms with Crippen LogP contribution in [0.2, 0.25) is 0 Å². The molecule has 1 aromatic heterocycles. The third-order valence-electron chi connectivity index (χ3n) is 4.92. The van der Waals surface area contributed by atoms with Crippen molar-refractivity contribution < 1.29 is 23.7 Å². The number of fused-ring (bicyclic) bond motifs is 1. The van der Waals surface area contributed by atoms with Crippen molar-refractivity contribution in [2.45, 2.75) is 0 Å². The first-order valence-electron chi connectivity index (χ1n) is 9.89. The Morgan fingerprint density at radius 2 is 1.74 bits per heavy atom. The summed E-state index contributed by atoms with van der Waals surface area (Å²) < 4.78 is 22.0. The number of carbonyl (C=O) groups excluding carboxylic acids is 1. The summed E-state index contributed by atoms with van der Waals surface area (Å²) in [5, 5.41) is 2.85. The first-order valence-corrected chi connectivity index (χ1v) is 9.89. The number of rotatable bonds is 5. The summed E-state index contributed by atoms with van der Waals surface area (Å²) in [6.07, 6.45) is 3.23. The molecule has 9 nitrogen and oxygen atoms in total. The Balaban J connectivity index is 1.27. The van der Waals surface area contributed by atoms with Gasteiger partial charge in [0.2, 0.25) is 6.79 Å². The van der Waals surface area contributed by atoms with Crippen molar-refractivity contribution in [3.63, 3.8) is 0 Å². The van der Waals surface area contributed by atoms with Crippen molar-refractivity contribution >= 4 is 17.4 Å². The minimum atomic E-state index is -0.237. The number of anilines is 2. The number of hydrogen-bond acceptors (Lipinski definition) is 8. The van der Waals surface area contributed by atoms with E-state index >= 15 is 0 Å². The molecule has 1 N–H and O–H groups in total. The van der Waals surface area contributed by atoms with Crippen LogP contribution in [0, 0.1) is 0 Å². The van der Waals surface area contributed by atoms with Gasteiger partial charge >= 0.3 is 0 Å². The first kappa shape index (κ1) is 19.1. The van der Waals surface area contributed by atoms with Crippen molar-refractivity contribution in [2.75, 3.05) is 43.3 Å². The fraction of sp³-hybridized carbons (Fsp3) is 0.227. The molecule has 0 aliphatic carbocycles. The maximum Gasteiger partial charge on any atom is 0.263 e.